The molecule has 0 N–H and O–H groups in total. The van der Waals surface area contributed by atoms with Gasteiger partial charge in [0.25, 0.3) is 0 Å². The van der Waals surface area contributed by atoms with Gasteiger partial charge in [-0.3, -0.25) is 4.79 Å². The first-order valence-corrected chi connectivity index (χ1v) is 4.28. The Balaban J connectivity index is 2.43. The second-order valence-electron chi connectivity index (χ2n) is 3.29. The van der Waals surface area contributed by atoms with E-state index in [0.717, 1.165) is 18.8 Å². The zero-order valence-corrected chi connectivity index (χ0v) is 6.97. The SMILES string of the molecule is C#CC(=O)C1CCC(CC)C1. The normalized spacial score (nSPS) is 29.8. The molecule has 0 amide bonds. The lowest BCUT2D eigenvalue weighted by molar-refractivity contribution is -0.117. The van der Waals surface area contributed by atoms with E-state index in [9.17, 15) is 4.79 Å². The topological polar surface area (TPSA) is 17.1 Å². The molecule has 1 fully saturated rings. The highest BCUT2D eigenvalue weighted by Gasteiger charge is 2.27. The third kappa shape index (κ3) is 1.83. The summed E-state index contributed by atoms with van der Waals surface area (Å²) in [6.07, 6.45) is 9.46. The summed E-state index contributed by atoms with van der Waals surface area (Å²) in [5.41, 5.74) is 0. The fraction of sp³-hybridized carbons (Fsp3) is 0.700. The summed E-state index contributed by atoms with van der Waals surface area (Å²) in [5.74, 6) is 3.16. The van der Waals surface area contributed by atoms with E-state index < -0.39 is 0 Å². The van der Waals surface area contributed by atoms with Crippen LogP contribution in [0.3, 0.4) is 0 Å². The smallest absolute Gasteiger partial charge is 0.208 e. The molecule has 1 nitrogen and oxygen atoms in total. The summed E-state index contributed by atoms with van der Waals surface area (Å²) in [7, 11) is 0. The highest BCUT2D eigenvalue weighted by atomic mass is 16.1. The van der Waals surface area contributed by atoms with Crippen LogP contribution in [0.2, 0.25) is 0 Å². The molecule has 1 aliphatic rings. The summed E-state index contributed by atoms with van der Waals surface area (Å²) in [6, 6.07) is 0. The van der Waals surface area contributed by atoms with Crippen molar-refractivity contribution in [3.8, 4) is 12.3 Å². The van der Waals surface area contributed by atoms with Gasteiger partial charge >= 0.3 is 0 Å². The number of terminal acetylenes is 1. The van der Waals surface area contributed by atoms with Gasteiger partial charge < -0.3 is 0 Å². The summed E-state index contributed by atoms with van der Waals surface area (Å²) < 4.78 is 0. The molecule has 0 aromatic heterocycles. The summed E-state index contributed by atoms with van der Waals surface area (Å²) in [6.45, 7) is 2.17. The third-order valence-corrected chi connectivity index (χ3v) is 2.63. The first kappa shape index (κ1) is 8.33. The van der Waals surface area contributed by atoms with Crippen LogP contribution in [-0.4, -0.2) is 5.78 Å². The lowest BCUT2D eigenvalue weighted by Crippen LogP contribution is -2.08. The fourth-order valence-corrected chi connectivity index (χ4v) is 1.80. The molecule has 2 unspecified atom stereocenters. The Morgan fingerprint density at radius 1 is 1.64 bits per heavy atom. The van der Waals surface area contributed by atoms with Crippen LogP contribution in [0.5, 0.6) is 0 Å². The molecular formula is C10H14O. The molecule has 1 saturated carbocycles. The zero-order valence-electron chi connectivity index (χ0n) is 6.97. The molecule has 0 spiro atoms. The van der Waals surface area contributed by atoms with Gasteiger partial charge in [-0.25, -0.2) is 0 Å². The lowest BCUT2D eigenvalue weighted by Gasteiger charge is -2.03. The van der Waals surface area contributed by atoms with Gasteiger partial charge in [-0.2, -0.15) is 0 Å². The first-order chi connectivity index (χ1) is 5.27. The largest absolute Gasteiger partial charge is 0.285 e. The second kappa shape index (κ2) is 3.57. The number of carbonyl (C=O) groups is 1. The van der Waals surface area contributed by atoms with Gasteiger partial charge in [0, 0.05) is 5.92 Å². The predicted octanol–water partition coefficient (Wildman–Crippen LogP) is 2.02. The third-order valence-electron chi connectivity index (χ3n) is 2.63. The summed E-state index contributed by atoms with van der Waals surface area (Å²) in [5, 5.41) is 0. The second-order valence-corrected chi connectivity index (χ2v) is 3.29. The molecule has 0 bridgehead atoms. The fourth-order valence-electron chi connectivity index (χ4n) is 1.80. The number of rotatable bonds is 2. The zero-order chi connectivity index (χ0) is 8.27. The van der Waals surface area contributed by atoms with Crippen LogP contribution in [0.15, 0.2) is 0 Å². The maximum Gasteiger partial charge on any atom is 0.208 e. The summed E-state index contributed by atoms with van der Waals surface area (Å²) >= 11 is 0. The van der Waals surface area contributed by atoms with Crippen LogP contribution < -0.4 is 0 Å². The lowest BCUT2D eigenvalue weighted by atomic mass is 10.00. The van der Waals surface area contributed by atoms with Gasteiger partial charge in [-0.1, -0.05) is 13.3 Å². The Morgan fingerprint density at radius 2 is 2.36 bits per heavy atom. The minimum Gasteiger partial charge on any atom is -0.285 e. The molecular weight excluding hydrogens is 136 g/mol. The van der Waals surface area contributed by atoms with E-state index in [4.69, 9.17) is 6.42 Å². The minimum absolute atomic E-state index is 0.0148. The number of hydrogen-bond donors (Lipinski definition) is 0. The molecule has 60 valence electrons. The van der Waals surface area contributed by atoms with Crippen molar-refractivity contribution in [2.75, 3.05) is 0 Å². The van der Waals surface area contributed by atoms with Gasteiger partial charge in [-0.05, 0) is 31.1 Å². The first-order valence-electron chi connectivity index (χ1n) is 4.28. The van der Waals surface area contributed by atoms with Gasteiger partial charge in [0.15, 0.2) is 0 Å². The number of Topliss-reactive ketones (excluding diaryl/α,β-unsaturated/α-hetero) is 1. The van der Waals surface area contributed by atoms with Crippen molar-refractivity contribution in [1.82, 2.24) is 0 Å². The molecule has 0 aromatic carbocycles. The van der Waals surface area contributed by atoms with E-state index in [2.05, 4.69) is 12.8 Å². The standard InChI is InChI=1S/C10H14O/c1-3-8-5-6-9(7-8)10(11)4-2/h2,8-9H,3,5-7H2,1H3. The quantitative estimate of drug-likeness (QED) is 0.434. The monoisotopic (exact) mass is 150 g/mol. The van der Waals surface area contributed by atoms with E-state index in [1.807, 2.05) is 0 Å². The van der Waals surface area contributed by atoms with E-state index in [-0.39, 0.29) is 11.7 Å². The van der Waals surface area contributed by atoms with E-state index >= 15 is 0 Å². The maximum absolute atomic E-state index is 11.0. The highest BCUT2D eigenvalue weighted by Crippen LogP contribution is 2.32. The minimum atomic E-state index is 0.0148. The maximum atomic E-state index is 11.0. The molecule has 0 aromatic rings. The molecule has 0 saturated heterocycles. The number of carbonyl (C=O) groups excluding carboxylic acids is 1. The van der Waals surface area contributed by atoms with Crippen LogP contribution in [0.4, 0.5) is 0 Å². The molecule has 11 heavy (non-hydrogen) atoms. The molecule has 0 heterocycles. The van der Waals surface area contributed by atoms with Crippen molar-refractivity contribution in [3.05, 3.63) is 0 Å². The van der Waals surface area contributed by atoms with Gasteiger partial charge in [0.1, 0.15) is 0 Å². The van der Waals surface area contributed by atoms with Crippen molar-refractivity contribution in [3.63, 3.8) is 0 Å². The van der Waals surface area contributed by atoms with Crippen molar-refractivity contribution < 1.29 is 4.79 Å². The number of hydrogen-bond acceptors (Lipinski definition) is 1. The Bertz CT molecular complexity index is 188. The molecule has 2 atom stereocenters. The average molecular weight is 150 g/mol. The molecule has 1 rings (SSSR count). The Morgan fingerprint density at radius 3 is 2.82 bits per heavy atom. The van der Waals surface area contributed by atoms with Crippen LogP contribution >= 0.6 is 0 Å². The Hall–Kier alpha value is -0.770. The predicted molar refractivity (Wildman–Crippen MR) is 45.0 cm³/mol. The van der Waals surface area contributed by atoms with Crippen LogP contribution in [0, 0.1) is 24.2 Å². The molecule has 0 aliphatic heterocycles. The van der Waals surface area contributed by atoms with E-state index in [1.54, 1.807) is 0 Å². The summed E-state index contributed by atoms with van der Waals surface area (Å²) in [4.78, 5) is 11.0. The van der Waals surface area contributed by atoms with Gasteiger partial charge in [0.2, 0.25) is 5.78 Å². The van der Waals surface area contributed by atoms with Crippen molar-refractivity contribution in [2.24, 2.45) is 11.8 Å². The van der Waals surface area contributed by atoms with E-state index in [0.29, 0.717) is 0 Å². The van der Waals surface area contributed by atoms with Crippen LogP contribution in [-0.2, 0) is 4.79 Å². The average Bonchev–Trinajstić information content (AvgIpc) is 2.50. The molecule has 1 heteroatoms. The number of ketones is 1. The van der Waals surface area contributed by atoms with Crippen LogP contribution in [0.25, 0.3) is 0 Å². The van der Waals surface area contributed by atoms with Crippen LogP contribution in [0.1, 0.15) is 32.6 Å². The molecule has 0 radical (unpaired) electrons. The van der Waals surface area contributed by atoms with Crippen molar-refractivity contribution in [1.29, 1.82) is 0 Å². The van der Waals surface area contributed by atoms with E-state index in [1.165, 1.54) is 12.8 Å². The van der Waals surface area contributed by atoms with Crippen molar-refractivity contribution >= 4 is 5.78 Å². The van der Waals surface area contributed by atoms with Crippen molar-refractivity contribution in [2.45, 2.75) is 32.6 Å². The van der Waals surface area contributed by atoms with Gasteiger partial charge in [-0.15, -0.1) is 6.42 Å². The molecule has 1 aliphatic carbocycles. The highest BCUT2D eigenvalue weighted by molar-refractivity contribution is 5.96. The Kier molecular flexibility index (Phi) is 2.70. The van der Waals surface area contributed by atoms with Gasteiger partial charge in [0.05, 0.1) is 0 Å². The Labute approximate surface area is 68.2 Å².